The summed E-state index contributed by atoms with van der Waals surface area (Å²) in [5, 5.41) is 0.671. The van der Waals surface area contributed by atoms with Gasteiger partial charge in [0.25, 0.3) is 0 Å². The number of rotatable bonds is 3. The monoisotopic (exact) mass is 308 g/mol. The first-order valence-electron chi connectivity index (χ1n) is 7.29. The first-order chi connectivity index (χ1) is 9.99. The van der Waals surface area contributed by atoms with Crippen molar-refractivity contribution < 1.29 is 9.59 Å². The highest BCUT2D eigenvalue weighted by Gasteiger charge is 2.25. The van der Waals surface area contributed by atoms with Gasteiger partial charge in [-0.15, -0.1) is 0 Å². The molecule has 0 unspecified atom stereocenters. The Morgan fingerprint density at radius 1 is 1.24 bits per heavy atom. The van der Waals surface area contributed by atoms with E-state index in [1.165, 1.54) is 0 Å². The predicted molar refractivity (Wildman–Crippen MR) is 82.9 cm³/mol. The normalized spacial score (nSPS) is 16.3. The Kier molecular flexibility index (Phi) is 5.23. The highest BCUT2D eigenvalue weighted by atomic mass is 35.5. The van der Waals surface area contributed by atoms with Gasteiger partial charge < -0.3 is 9.80 Å². The minimum atomic E-state index is -0.0322. The molecular weight excluding hydrogens is 288 g/mol. The van der Waals surface area contributed by atoms with Crippen LogP contribution in [0.2, 0.25) is 5.02 Å². The molecule has 114 valence electrons. The van der Waals surface area contributed by atoms with Gasteiger partial charge in [0.2, 0.25) is 11.8 Å². The maximum Gasteiger partial charge on any atom is 0.225 e. The molecule has 0 bridgehead atoms. The number of carbonyl (C=O) groups excluding carboxylic acids is 2. The number of hydrogen-bond acceptors (Lipinski definition) is 2. The summed E-state index contributed by atoms with van der Waals surface area (Å²) in [5.41, 5.74) is 0.941. The molecule has 0 N–H and O–H groups in total. The van der Waals surface area contributed by atoms with E-state index in [1.807, 2.05) is 38.1 Å². The minimum absolute atomic E-state index is 0.0322. The summed E-state index contributed by atoms with van der Waals surface area (Å²) in [7, 11) is 0. The Balaban J connectivity index is 2.04. The molecule has 0 aliphatic carbocycles. The van der Waals surface area contributed by atoms with E-state index < -0.39 is 0 Å². The van der Waals surface area contributed by atoms with Crippen LogP contribution in [0.25, 0.3) is 0 Å². The molecule has 1 aliphatic heterocycles. The van der Waals surface area contributed by atoms with E-state index in [0.717, 1.165) is 5.56 Å². The molecule has 1 aromatic carbocycles. The topological polar surface area (TPSA) is 40.6 Å². The van der Waals surface area contributed by atoms with Crippen molar-refractivity contribution in [2.24, 2.45) is 5.92 Å². The molecule has 0 aromatic heterocycles. The highest BCUT2D eigenvalue weighted by molar-refractivity contribution is 6.31. The summed E-state index contributed by atoms with van der Waals surface area (Å²) < 4.78 is 0. The molecule has 5 heteroatoms. The smallest absolute Gasteiger partial charge is 0.225 e. The van der Waals surface area contributed by atoms with Crippen LogP contribution in [0.5, 0.6) is 0 Å². The van der Waals surface area contributed by atoms with Crippen molar-refractivity contribution in [1.82, 2.24) is 9.80 Å². The molecule has 2 rings (SSSR count). The fourth-order valence-electron chi connectivity index (χ4n) is 2.45. The Morgan fingerprint density at radius 2 is 1.95 bits per heavy atom. The van der Waals surface area contributed by atoms with Gasteiger partial charge in [0, 0.05) is 43.5 Å². The van der Waals surface area contributed by atoms with Crippen LogP contribution in [0.15, 0.2) is 24.3 Å². The van der Waals surface area contributed by atoms with E-state index in [9.17, 15) is 9.59 Å². The van der Waals surface area contributed by atoms with Crippen molar-refractivity contribution in [3.05, 3.63) is 34.9 Å². The molecule has 0 spiro atoms. The van der Waals surface area contributed by atoms with Crippen LogP contribution in [0.4, 0.5) is 0 Å². The third kappa shape index (κ3) is 3.97. The minimum Gasteiger partial charge on any atom is -0.340 e. The summed E-state index contributed by atoms with van der Waals surface area (Å²) in [4.78, 5) is 27.8. The molecule has 1 aliphatic rings. The molecule has 21 heavy (non-hydrogen) atoms. The molecule has 0 saturated carbocycles. The Hall–Kier alpha value is -1.55. The summed E-state index contributed by atoms with van der Waals surface area (Å²) >= 11 is 6.15. The van der Waals surface area contributed by atoms with Crippen molar-refractivity contribution in [3.63, 3.8) is 0 Å². The van der Waals surface area contributed by atoms with E-state index in [1.54, 1.807) is 9.80 Å². The number of hydrogen-bond donors (Lipinski definition) is 0. The van der Waals surface area contributed by atoms with Crippen LogP contribution in [-0.2, 0) is 16.1 Å². The predicted octanol–water partition coefficient (Wildman–Crippen LogP) is 2.56. The summed E-state index contributed by atoms with van der Waals surface area (Å²) in [6.07, 6.45) is 0.378. The van der Waals surface area contributed by atoms with Crippen LogP contribution < -0.4 is 0 Å². The van der Waals surface area contributed by atoms with Gasteiger partial charge >= 0.3 is 0 Å². The van der Waals surface area contributed by atoms with Gasteiger partial charge in [-0.3, -0.25) is 9.59 Å². The van der Waals surface area contributed by atoms with Gasteiger partial charge in [-0.2, -0.15) is 0 Å². The van der Waals surface area contributed by atoms with Crippen LogP contribution >= 0.6 is 11.6 Å². The van der Waals surface area contributed by atoms with Crippen molar-refractivity contribution in [3.8, 4) is 0 Å². The van der Waals surface area contributed by atoms with Gasteiger partial charge in [0.15, 0.2) is 0 Å². The van der Waals surface area contributed by atoms with Crippen LogP contribution in [-0.4, -0.2) is 41.2 Å². The lowest BCUT2D eigenvalue weighted by Gasteiger charge is -2.23. The number of benzene rings is 1. The van der Waals surface area contributed by atoms with E-state index in [2.05, 4.69) is 0 Å². The maximum absolute atomic E-state index is 12.2. The first kappa shape index (κ1) is 15.8. The van der Waals surface area contributed by atoms with Crippen molar-refractivity contribution in [2.45, 2.75) is 26.8 Å². The molecular formula is C16H21ClN2O2. The van der Waals surface area contributed by atoms with Gasteiger partial charge in [-0.1, -0.05) is 43.6 Å². The van der Waals surface area contributed by atoms with Gasteiger partial charge in [-0.05, 0) is 11.6 Å². The maximum atomic E-state index is 12.2. The summed E-state index contributed by atoms with van der Waals surface area (Å²) in [6, 6.07) is 7.54. The number of halogens is 1. The van der Waals surface area contributed by atoms with Crippen molar-refractivity contribution >= 4 is 23.4 Å². The highest BCUT2D eigenvalue weighted by Crippen LogP contribution is 2.18. The lowest BCUT2D eigenvalue weighted by atomic mass is 10.2. The third-order valence-corrected chi connectivity index (χ3v) is 4.08. The standard InChI is InChI=1S/C16H21ClN2O2/c1-12(2)16(21)18-8-7-15(20)19(10-9-18)11-13-5-3-4-6-14(13)17/h3-6,12H,7-11H2,1-2H3. The Morgan fingerprint density at radius 3 is 2.62 bits per heavy atom. The van der Waals surface area contributed by atoms with Gasteiger partial charge in [-0.25, -0.2) is 0 Å². The fraction of sp³-hybridized carbons (Fsp3) is 0.500. The number of amides is 2. The summed E-state index contributed by atoms with van der Waals surface area (Å²) in [5.74, 6) is 0.159. The largest absolute Gasteiger partial charge is 0.340 e. The zero-order valence-electron chi connectivity index (χ0n) is 12.5. The molecule has 1 aromatic rings. The zero-order chi connectivity index (χ0) is 15.4. The van der Waals surface area contributed by atoms with Crippen LogP contribution in [0.3, 0.4) is 0 Å². The molecule has 2 amide bonds. The molecule has 1 saturated heterocycles. The zero-order valence-corrected chi connectivity index (χ0v) is 13.3. The fourth-order valence-corrected chi connectivity index (χ4v) is 2.65. The lowest BCUT2D eigenvalue weighted by molar-refractivity contribution is -0.134. The molecule has 4 nitrogen and oxygen atoms in total. The second kappa shape index (κ2) is 6.94. The number of carbonyl (C=O) groups is 2. The quantitative estimate of drug-likeness (QED) is 0.861. The molecule has 1 fully saturated rings. The van der Waals surface area contributed by atoms with E-state index in [0.29, 0.717) is 37.6 Å². The Bertz CT molecular complexity index is 531. The van der Waals surface area contributed by atoms with E-state index in [-0.39, 0.29) is 17.7 Å². The van der Waals surface area contributed by atoms with E-state index >= 15 is 0 Å². The second-order valence-corrected chi connectivity index (χ2v) is 6.04. The van der Waals surface area contributed by atoms with Crippen LogP contribution in [0.1, 0.15) is 25.8 Å². The molecule has 0 atom stereocenters. The average molecular weight is 309 g/mol. The van der Waals surface area contributed by atoms with Gasteiger partial charge in [0.1, 0.15) is 0 Å². The second-order valence-electron chi connectivity index (χ2n) is 5.64. The van der Waals surface area contributed by atoms with Crippen LogP contribution in [0, 0.1) is 5.92 Å². The molecule has 0 radical (unpaired) electrons. The summed E-state index contributed by atoms with van der Waals surface area (Å²) in [6.45, 7) is 5.93. The van der Waals surface area contributed by atoms with Crippen molar-refractivity contribution in [2.75, 3.05) is 19.6 Å². The SMILES string of the molecule is CC(C)C(=O)N1CCC(=O)N(Cc2ccccc2Cl)CC1. The van der Waals surface area contributed by atoms with Gasteiger partial charge in [0.05, 0.1) is 0 Å². The lowest BCUT2D eigenvalue weighted by Crippen LogP contribution is -2.37. The van der Waals surface area contributed by atoms with Crippen molar-refractivity contribution in [1.29, 1.82) is 0 Å². The first-order valence-corrected chi connectivity index (χ1v) is 7.67. The Labute approximate surface area is 130 Å². The van der Waals surface area contributed by atoms with E-state index in [4.69, 9.17) is 11.6 Å². The average Bonchev–Trinajstić information content (AvgIpc) is 2.63. The molecule has 1 heterocycles. The number of nitrogens with zero attached hydrogens (tertiary/aromatic N) is 2. The third-order valence-electron chi connectivity index (χ3n) is 3.71.